The van der Waals surface area contributed by atoms with E-state index in [1.165, 1.54) is 6.07 Å². The predicted molar refractivity (Wildman–Crippen MR) is 68.1 cm³/mol. The maximum absolute atomic E-state index is 11.6. The Labute approximate surface area is 105 Å². The highest BCUT2D eigenvalue weighted by atomic mass is 16.6. The SMILES string of the molecule is CCC(N)CNC(=O)Cc1ccccc1[N+](=O)[O-]. The summed E-state index contributed by atoms with van der Waals surface area (Å²) in [5.41, 5.74) is 6.04. The van der Waals surface area contributed by atoms with Gasteiger partial charge in [-0.05, 0) is 6.42 Å². The van der Waals surface area contributed by atoms with Gasteiger partial charge in [0.1, 0.15) is 0 Å². The van der Waals surface area contributed by atoms with Crippen LogP contribution in [0.25, 0.3) is 0 Å². The van der Waals surface area contributed by atoms with E-state index in [0.29, 0.717) is 12.1 Å². The molecule has 6 nitrogen and oxygen atoms in total. The molecule has 0 aliphatic carbocycles. The molecule has 0 bridgehead atoms. The standard InChI is InChI=1S/C12H17N3O3/c1-2-10(13)8-14-12(16)7-9-5-3-4-6-11(9)15(17)18/h3-6,10H,2,7-8,13H2,1H3,(H,14,16). The number of para-hydroxylation sites is 1. The summed E-state index contributed by atoms with van der Waals surface area (Å²) < 4.78 is 0. The van der Waals surface area contributed by atoms with E-state index in [1.807, 2.05) is 6.92 Å². The number of nitrogens with zero attached hydrogens (tertiary/aromatic N) is 1. The average Bonchev–Trinajstić information content (AvgIpc) is 2.36. The van der Waals surface area contributed by atoms with Crippen LogP contribution in [0.2, 0.25) is 0 Å². The molecule has 0 spiro atoms. The zero-order valence-electron chi connectivity index (χ0n) is 10.3. The van der Waals surface area contributed by atoms with Gasteiger partial charge in [0.25, 0.3) is 5.69 Å². The second-order valence-electron chi connectivity index (χ2n) is 4.04. The van der Waals surface area contributed by atoms with Crippen LogP contribution in [-0.4, -0.2) is 23.4 Å². The zero-order chi connectivity index (χ0) is 13.5. The first-order valence-electron chi connectivity index (χ1n) is 5.79. The summed E-state index contributed by atoms with van der Waals surface area (Å²) in [4.78, 5) is 21.9. The van der Waals surface area contributed by atoms with Crippen molar-refractivity contribution in [2.24, 2.45) is 5.73 Å². The summed E-state index contributed by atoms with van der Waals surface area (Å²) in [6.45, 7) is 2.31. The Morgan fingerprint density at radius 2 is 2.17 bits per heavy atom. The summed E-state index contributed by atoms with van der Waals surface area (Å²) in [6, 6.07) is 6.14. The first kappa shape index (κ1) is 14.1. The van der Waals surface area contributed by atoms with Crippen LogP contribution in [0.4, 0.5) is 5.69 Å². The van der Waals surface area contributed by atoms with Crippen molar-refractivity contribution in [1.82, 2.24) is 5.32 Å². The lowest BCUT2D eigenvalue weighted by Gasteiger charge is -2.10. The Bertz CT molecular complexity index is 434. The molecule has 18 heavy (non-hydrogen) atoms. The fourth-order valence-corrected chi connectivity index (χ4v) is 1.46. The van der Waals surface area contributed by atoms with Crippen LogP contribution in [0.5, 0.6) is 0 Å². The van der Waals surface area contributed by atoms with Crippen molar-refractivity contribution in [3.8, 4) is 0 Å². The smallest absolute Gasteiger partial charge is 0.273 e. The monoisotopic (exact) mass is 251 g/mol. The van der Waals surface area contributed by atoms with E-state index < -0.39 is 4.92 Å². The lowest BCUT2D eigenvalue weighted by Crippen LogP contribution is -2.37. The third-order valence-electron chi connectivity index (χ3n) is 2.63. The molecule has 0 aromatic heterocycles. The predicted octanol–water partition coefficient (Wildman–Crippen LogP) is 0.991. The Morgan fingerprint density at radius 3 is 2.78 bits per heavy atom. The third-order valence-corrected chi connectivity index (χ3v) is 2.63. The minimum absolute atomic E-state index is 0.00636. The van der Waals surface area contributed by atoms with Crippen molar-refractivity contribution in [3.05, 3.63) is 39.9 Å². The largest absolute Gasteiger partial charge is 0.354 e. The van der Waals surface area contributed by atoms with Gasteiger partial charge in [-0.15, -0.1) is 0 Å². The third kappa shape index (κ3) is 4.14. The maximum Gasteiger partial charge on any atom is 0.273 e. The summed E-state index contributed by atoms with van der Waals surface area (Å²) in [7, 11) is 0. The number of nitro groups is 1. The van der Waals surface area contributed by atoms with Crippen LogP contribution in [0.3, 0.4) is 0 Å². The number of nitrogens with one attached hydrogen (secondary N) is 1. The van der Waals surface area contributed by atoms with Gasteiger partial charge >= 0.3 is 0 Å². The molecule has 1 rings (SSSR count). The number of hydrogen-bond acceptors (Lipinski definition) is 4. The van der Waals surface area contributed by atoms with Gasteiger partial charge in [0.05, 0.1) is 11.3 Å². The molecule has 1 atom stereocenters. The van der Waals surface area contributed by atoms with E-state index >= 15 is 0 Å². The highest BCUT2D eigenvalue weighted by molar-refractivity contribution is 5.79. The van der Waals surface area contributed by atoms with Gasteiger partial charge in [-0.2, -0.15) is 0 Å². The molecule has 1 unspecified atom stereocenters. The van der Waals surface area contributed by atoms with E-state index in [-0.39, 0.29) is 24.1 Å². The zero-order valence-corrected chi connectivity index (χ0v) is 10.3. The average molecular weight is 251 g/mol. The molecule has 1 aromatic carbocycles. The molecule has 0 saturated heterocycles. The van der Waals surface area contributed by atoms with Gasteiger partial charge in [-0.1, -0.05) is 25.1 Å². The number of nitrogens with two attached hydrogens (primary N) is 1. The second kappa shape index (κ2) is 6.70. The van der Waals surface area contributed by atoms with Gasteiger partial charge in [0.2, 0.25) is 5.91 Å². The van der Waals surface area contributed by atoms with Crippen molar-refractivity contribution in [3.63, 3.8) is 0 Å². The van der Waals surface area contributed by atoms with Gasteiger partial charge in [0, 0.05) is 24.2 Å². The number of carbonyl (C=O) groups excluding carboxylic acids is 1. The summed E-state index contributed by atoms with van der Waals surface area (Å²) in [5.74, 6) is -0.256. The number of benzene rings is 1. The molecular weight excluding hydrogens is 234 g/mol. The number of amides is 1. The number of hydrogen-bond donors (Lipinski definition) is 2. The molecule has 0 saturated carbocycles. The Morgan fingerprint density at radius 1 is 1.50 bits per heavy atom. The van der Waals surface area contributed by atoms with Gasteiger partial charge in [0.15, 0.2) is 0 Å². The number of rotatable bonds is 6. The van der Waals surface area contributed by atoms with E-state index in [0.717, 1.165) is 6.42 Å². The van der Waals surface area contributed by atoms with Crippen LogP contribution in [-0.2, 0) is 11.2 Å². The van der Waals surface area contributed by atoms with Crippen molar-refractivity contribution >= 4 is 11.6 Å². The molecular formula is C12H17N3O3. The first-order valence-corrected chi connectivity index (χ1v) is 5.79. The molecule has 1 amide bonds. The summed E-state index contributed by atoms with van der Waals surface area (Å²) in [5, 5.41) is 13.4. The molecule has 0 radical (unpaired) electrons. The molecule has 0 aliphatic rings. The molecule has 1 aromatic rings. The second-order valence-corrected chi connectivity index (χ2v) is 4.04. The van der Waals surface area contributed by atoms with E-state index in [9.17, 15) is 14.9 Å². The Kier molecular flexibility index (Phi) is 5.26. The quantitative estimate of drug-likeness (QED) is 0.581. The van der Waals surface area contributed by atoms with Crippen LogP contribution >= 0.6 is 0 Å². The Balaban J connectivity index is 2.62. The normalized spacial score (nSPS) is 11.9. The van der Waals surface area contributed by atoms with Gasteiger partial charge in [-0.25, -0.2) is 0 Å². The first-order chi connectivity index (χ1) is 8.54. The maximum atomic E-state index is 11.6. The van der Waals surface area contributed by atoms with E-state index in [4.69, 9.17) is 5.73 Å². The van der Waals surface area contributed by atoms with Crippen LogP contribution in [0.15, 0.2) is 24.3 Å². The van der Waals surface area contributed by atoms with Crippen LogP contribution < -0.4 is 11.1 Å². The van der Waals surface area contributed by atoms with Gasteiger partial charge < -0.3 is 11.1 Å². The Hall–Kier alpha value is -1.95. The molecule has 3 N–H and O–H groups in total. The highest BCUT2D eigenvalue weighted by Gasteiger charge is 2.15. The lowest BCUT2D eigenvalue weighted by atomic mass is 10.1. The van der Waals surface area contributed by atoms with Crippen LogP contribution in [0.1, 0.15) is 18.9 Å². The van der Waals surface area contributed by atoms with Crippen molar-refractivity contribution < 1.29 is 9.72 Å². The fraction of sp³-hybridized carbons (Fsp3) is 0.417. The number of nitro benzene ring substituents is 1. The minimum Gasteiger partial charge on any atom is -0.354 e. The molecule has 98 valence electrons. The highest BCUT2D eigenvalue weighted by Crippen LogP contribution is 2.17. The fourth-order valence-electron chi connectivity index (χ4n) is 1.46. The molecule has 0 fully saturated rings. The minimum atomic E-state index is -0.486. The topological polar surface area (TPSA) is 98.3 Å². The van der Waals surface area contributed by atoms with Crippen LogP contribution in [0, 0.1) is 10.1 Å². The van der Waals surface area contributed by atoms with E-state index in [1.54, 1.807) is 18.2 Å². The van der Waals surface area contributed by atoms with Crippen molar-refractivity contribution in [2.75, 3.05) is 6.54 Å². The van der Waals surface area contributed by atoms with Gasteiger partial charge in [-0.3, -0.25) is 14.9 Å². The van der Waals surface area contributed by atoms with E-state index in [2.05, 4.69) is 5.32 Å². The summed E-state index contributed by atoms with van der Waals surface area (Å²) in [6.07, 6.45) is 0.763. The molecule has 6 heteroatoms. The van der Waals surface area contributed by atoms with Crippen molar-refractivity contribution in [2.45, 2.75) is 25.8 Å². The summed E-state index contributed by atoms with van der Waals surface area (Å²) >= 11 is 0. The molecule has 0 heterocycles. The lowest BCUT2D eigenvalue weighted by molar-refractivity contribution is -0.385. The number of carbonyl (C=O) groups is 1. The molecule has 0 aliphatic heterocycles. The van der Waals surface area contributed by atoms with Crippen molar-refractivity contribution in [1.29, 1.82) is 0 Å².